The molecular weight excluding hydrogens is 332 g/mol. The van der Waals surface area contributed by atoms with Crippen LogP contribution in [0.1, 0.15) is 40.0 Å². The second-order valence-electron chi connectivity index (χ2n) is 7.41. The second kappa shape index (κ2) is 8.34. The lowest BCUT2D eigenvalue weighted by molar-refractivity contribution is -0.158. The molecule has 0 aliphatic heterocycles. The summed E-state index contributed by atoms with van der Waals surface area (Å²) in [6.07, 6.45) is 4.55. The molecule has 140 valence electrons. The Balaban J connectivity index is 1.51. The van der Waals surface area contributed by atoms with Gasteiger partial charge in [0.25, 0.3) is 0 Å². The fraction of sp³-hybridized carbons (Fsp3) is 0.550. The molecule has 1 aliphatic rings. The maximum Gasteiger partial charge on any atom is 0.344 e. The summed E-state index contributed by atoms with van der Waals surface area (Å²) in [4.78, 5) is 12.2. The molecule has 6 heteroatoms. The zero-order chi connectivity index (χ0) is 18.5. The van der Waals surface area contributed by atoms with E-state index in [2.05, 4.69) is 31.0 Å². The summed E-state index contributed by atoms with van der Waals surface area (Å²) in [6, 6.07) is 7.16. The van der Waals surface area contributed by atoms with Crippen LogP contribution in [0.2, 0.25) is 0 Å². The third kappa shape index (κ3) is 4.62. The predicted octanol–water partition coefficient (Wildman–Crippen LogP) is 4.12. The van der Waals surface area contributed by atoms with Gasteiger partial charge in [0.1, 0.15) is 11.9 Å². The predicted molar refractivity (Wildman–Crippen MR) is 96.5 cm³/mol. The Morgan fingerprint density at radius 3 is 2.69 bits per heavy atom. The van der Waals surface area contributed by atoms with Crippen molar-refractivity contribution in [2.24, 2.45) is 17.8 Å². The van der Waals surface area contributed by atoms with Crippen molar-refractivity contribution in [2.75, 3.05) is 6.61 Å². The molecule has 0 bridgehead atoms. The first-order chi connectivity index (χ1) is 12.5. The van der Waals surface area contributed by atoms with Gasteiger partial charge in [-0.3, -0.25) is 0 Å². The normalized spacial score (nSPS) is 23.0. The smallest absolute Gasteiger partial charge is 0.344 e. The highest BCUT2D eigenvalue weighted by Gasteiger charge is 2.33. The first kappa shape index (κ1) is 18.4. The van der Waals surface area contributed by atoms with Gasteiger partial charge < -0.3 is 13.9 Å². The Kier molecular flexibility index (Phi) is 5.91. The minimum Gasteiger partial charge on any atom is -0.482 e. The zero-order valence-electron chi connectivity index (χ0n) is 15.6. The Bertz CT molecular complexity index is 697. The quantitative estimate of drug-likeness (QED) is 0.723. The Hall–Kier alpha value is -2.37. The number of aromatic nitrogens is 2. The summed E-state index contributed by atoms with van der Waals surface area (Å²) >= 11 is 0. The standard InChI is InChI=1S/C20H26N2O4/c1-13(2)17-9-4-14(3)10-18(17)26-19(23)11-24-16-7-5-15(6-8-16)20-22-21-12-25-20/h5-8,12-14,17-18H,4,9-11H2,1-3H3. The van der Waals surface area contributed by atoms with Crippen molar-refractivity contribution in [3.63, 3.8) is 0 Å². The molecule has 1 aromatic heterocycles. The van der Waals surface area contributed by atoms with E-state index in [1.54, 1.807) is 12.1 Å². The lowest BCUT2D eigenvalue weighted by atomic mass is 9.75. The van der Waals surface area contributed by atoms with Gasteiger partial charge in [-0.15, -0.1) is 10.2 Å². The molecule has 6 nitrogen and oxygen atoms in total. The van der Waals surface area contributed by atoms with Gasteiger partial charge in [0.2, 0.25) is 12.3 Å². The number of ether oxygens (including phenoxy) is 2. The first-order valence-electron chi connectivity index (χ1n) is 9.22. The van der Waals surface area contributed by atoms with Crippen LogP contribution in [0.25, 0.3) is 11.5 Å². The fourth-order valence-electron chi connectivity index (χ4n) is 3.59. The highest BCUT2D eigenvalue weighted by atomic mass is 16.6. The molecule has 1 heterocycles. The van der Waals surface area contributed by atoms with Gasteiger partial charge in [0.05, 0.1) is 0 Å². The van der Waals surface area contributed by atoms with E-state index in [9.17, 15) is 4.79 Å². The number of nitrogens with zero attached hydrogens (tertiary/aromatic N) is 2. The van der Waals surface area contributed by atoms with E-state index in [1.165, 1.54) is 12.8 Å². The molecule has 3 rings (SSSR count). The molecule has 0 N–H and O–H groups in total. The number of hydrogen-bond donors (Lipinski definition) is 0. The highest BCUT2D eigenvalue weighted by molar-refractivity contribution is 5.71. The summed E-state index contributed by atoms with van der Waals surface area (Å²) in [7, 11) is 0. The molecule has 0 spiro atoms. The average Bonchev–Trinajstić information content (AvgIpc) is 3.15. The maximum absolute atomic E-state index is 12.2. The van der Waals surface area contributed by atoms with Crippen LogP contribution in [-0.2, 0) is 9.53 Å². The van der Waals surface area contributed by atoms with E-state index in [4.69, 9.17) is 13.9 Å². The molecule has 1 aromatic carbocycles. The Morgan fingerprint density at radius 2 is 2.04 bits per heavy atom. The van der Waals surface area contributed by atoms with Crippen molar-refractivity contribution >= 4 is 5.97 Å². The molecule has 0 saturated heterocycles. The van der Waals surface area contributed by atoms with E-state index in [0.29, 0.717) is 29.4 Å². The fourth-order valence-corrected chi connectivity index (χ4v) is 3.59. The topological polar surface area (TPSA) is 74.5 Å². The molecule has 2 aromatic rings. The number of carbonyl (C=O) groups is 1. The van der Waals surface area contributed by atoms with E-state index in [1.807, 2.05) is 12.1 Å². The minimum atomic E-state index is -0.310. The second-order valence-corrected chi connectivity index (χ2v) is 7.41. The van der Waals surface area contributed by atoms with Crippen molar-refractivity contribution in [1.29, 1.82) is 0 Å². The Labute approximate surface area is 153 Å². The molecule has 1 fully saturated rings. The molecule has 0 radical (unpaired) electrons. The van der Waals surface area contributed by atoms with Gasteiger partial charge >= 0.3 is 5.97 Å². The maximum atomic E-state index is 12.2. The van der Waals surface area contributed by atoms with E-state index in [0.717, 1.165) is 18.4 Å². The average molecular weight is 358 g/mol. The molecule has 26 heavy (non-hydrogen) atoms. The third-order valence-corrected chi connectivity index (χ3v) is 5.06. The zero-order valence-corrected chi connectivity index (χ0v) is 15.6. The molecule has 3 unspecified atom stereocenters. The SMILES string of the molecule is CC1CCC(C(C)C)C(OC(=O)COc2ccc(-c3nnco3)cc2)C1. The third-order valence-electron chi connectivity index (χ3n) is 5.06. The van der Waals surface area contributed by atoms with Crippen LogP contribution in [-0.4, -0.2) is 28.9 Å². The molecule has 3 atom stereocenters. The van der Waals surface area contributed by atoms with Crippen molar-refractivity contribution in [3.8, 4) is 17.2 Å². The number of carbonyl (C=O) groups excluding carboxylic acids is 1. The molecule has 1 aliphatic carbocycles. The van der Waals surface area contributed by atoms with Crippen molar-refractivity contribution in [3.05, 3.63) is 30.7 Å². The molecular formula is C20H26N2O4. The largest absolute Gasteiger partial charge is 0.482 e. The van der Waals surface area contributed by atoms with Crippen LogP contribution in [0.4, 0.5) is 0 Å². The monoisotopic (exact) mass is 358 g/mol. The summed E-state index contributed by atoms with van der Waals surface area (Å²) < 4.78 is 16.4. The van der Waals surface area contributed by atoms with Gasteiger partial charge in [0, 0.05) is 5.56 Å². The van der Waals surface area contributed by atoms with Crippen LogP contribution in [0.15, 0.2) is 35.1 Å². The number of esters is 1. The lowest BCUT2D eigenvalue weighted by Crippen LogP contribution is -2.36. The van der Waals surface area contributed by atoms with Crippen LogP contribution in [0.5, 0.6) is 5.75 Å². The number of rotatable bonds is 6. The Morgan fingerprint density at radius 1 is 1.27 bits per heavy atom. The van der Waals surface area contributed by atoms with Crippen molar-refractivity contribution in [1.82, 2.24) is 10.2 Å². The molecule has 0 amide bonds. The van der Waals surface area contributed by atoms with Crippen molar-refractivity contribution in [2.45, 2.75) is 46.1 Å². The van der Waals surface area contributed by atoms with Gasteiger partial charge in [-0.25, -0.2) is 4.79 Å². The number of hydrogen-bond acceptors (Lipinski definition) is 6. The highest BCUT2D eigenvalue weighted by Crippen LogP contribution is 2.35. The van der Waals surface area contributed by atoms with E-state index < -0.39 is 0 Å². The number of benzene rings is 1. The van der Waals surface area contributed by atoms with Crippen molar-refractivity contribution < 1.29 is 18.7 Å². The first-order valence-corrected chi connectivity index (χ1v) is 9.22. The van der Waals surface area contributed by atoms with Gasteiger partial charge in [0.15, 0.2) is 6.61 Å². The summed E-state index contributed by atoms with van der Waals surface area (Å²) in [5, 5.41) is 7.50. The summed E-state index contributed by atoms with van der Waals surface area (Å²) in [5.74, 6) is 2.28. The van der Waals surface area contributed by atoms with E-state index in [-0.39, 0.29) is 18.7 Å². The van der Waals surface area contributed by atoms with E-state index >= 15 is 0 Å². The van der Waals surface area contributed by atoms with Crippen LogP contribution >= 0.6 is 0 Å². The minimum absolute atomic E-state index is 0.00486. The molecule has 1 saturated carbocycles. The summed E-state index contributed by atoms with van der Waals surface area (Å²) in [5.41, 5.74) is 0.799. The van der Waals surface area contributed by atoms with Crippen LogP contribution in [0, 0.1) is 17.8 Å². The van der Waals surface area contributed by atoms with Gasteiger partial charge in [-0.1, -0.05) is 27.2 Å². The van der Waals surface area contributed by atoms with Gasteiger partial charge in [-0.05, 0) is 54.9 Å². The van der Waals surface area contributed by atoms with Gasteiger partial charge in [-0.2, -0.15) is 0 Å². The van der Waals surface area contributed by atoms with Crippen LogP contribution in [0.3, 0.4) is 0 Å². The summed E-state index contributed by atoms with van der Waals surface area (Å²) in [6.45, 7) is 6.53. The van der Waals surface area contributed by atoms with Crippen LogP contribution < -0.4 is 4.74 Å². The lowest BCUT2D eigenvalue weighted by Gasteiger charge is -2.36.